The Balaban J connectivity index is 3.41. The van der Waals surface area contributed by atoms with Crippen molar-refractivity contribution in [2.75, 3.05) is 27.2 Å². The normalized spacial score (nSPS) is 12.9. The molecule has 0 saturated heterocycles. The summed E-state index contributed by atoms with van der Waals surface area (Å²) in [5.74, 6) is -0.951. The van der Waals surface area contributed by atoms with Gasteiger partial charge in [0.15, 0.2) is 0 Å². The lowest BCUT2D eigenvalue weighted by atomic mass is 10.0. The molecule has 0 fully saturated rings. The van der Waals surface area contributed by atoms with Gasteiger partial charge < -0.3 is 19.5 Å². The summed E-state index contributed by atoms with van der Waals surface area (Å²) in [5.41, 5.74) is 0. The molecule has 0 aromatic heterocycles. The topological polar surface area (TPSA) is 60.4 Å². The Morgan fingerprint density at radius 1 is 0.710 bits per heavy atom. The standard InChI is InChI=1S/C27H55NO3/c1-4-5-6-7-8-9-10-11-12-13-14-15-16-17-19-22-26(29)25-28(2,3)24-21-18-20-23-27(30)31/h26,29H,4-25H2,1-3H3. The van der Waals surface area contributed by atoms with Gasteiger partial charge in [-0.3, -0.25) is 0 Å². The van der Waals surface area contributed by atoms with Gasteiger partial charge in [0.25, 0.3) is 0 Å². The first kappa shape index (κ1) is 30.4. The fraction of sp³-hybridized carbons (Fsp3) is 0.963. The van der Waals surface area contributed by atoms with Crippen LogP contribution in [0.15, 0.2) is 0 Å². The van der Waals surface area contributed by atoms with Crippen LogP contribution >= 0.6 is 0 Å². The molecule has 1 N–H and O–H groups in total. The number of likely N-dealkylation sites (N-methyl/N-ethyl adjacent to an activating group) is 1. The molecule has 0 amide bonds. The minimum atomic E-state index is -0.951. The Bertz CT molecular complexity index is 398. The molecule has 0 radical (unpaired) electrons. The fourth-order valence-corrected chi connectivity index (χ4v) is 4.49. The molecule has 0 heterocycles. The largest absolute Gasteiger partial charge is 0.550 e. The van der Waals surface area contributed by atoms with E-state index in [1.165, 1.54) is 89.9 Å². The Morgan fingerprint density at radius 2 is 1.13 bits per heavy atom. The zero-order valence-electron chi connectivity index (χ0n) is 21.3. The second kappa shape index (κ2) is 21.2. The van der Waals surface area contributed by atoms with Crippen LogP contribution < -0.4 is 5.11 Å². The molecule has 4 nitrogen and oxygen atoms in total. The summed E-state index contributed by atoms with van der Waals surface area (Å²) in [6, 6.07) is 0. The van der Waals surface area contributed by atoms with Crippen LogP contribution in [-0.4, -0.2) is 48.8 Å². The molecule has 1 atom stereocenters. The number of carbonyl (C=O) groups is 1. The highest BCUT2D eigenvalue weighted by Crippen LogP contribution is 2.15. The lowest BCUT2D eigenvalue weighted by Gasteiger charge is -2.32. The van der Waals surface area contributed by atoms with E-state index in [2.05, 4.69) is 21.0 Å². The quantitative estimate of drug-likeness (QED) is 0.148. The smallest absolute Gasteiger partial charge is 0.105 e. The van der Waals surface area contributed by atoms with Crippen molar-refractivity contribution in [3.63, 3.8) is 0 Å². The van der Waals surface area contributed by atoms with Gasteiger partial charge in [-0.15, -0.1) is 0 Å². The molecule has 31 heavy (non-hydrogen) atoms. The molecule has 0 bridgehead atoms. The van der Waals surface area contributed by atoms with Gasteiger partial charge in [-0.1, -0.05) is 103 Å². The first-order valence-corrected chi connectivity index (χ1v) is 13.6. The lowest BCUT2D eigenvalue weighted by molar-refractivity contribution is -0.893. The molecule has 0 aliphatic rings. The number of quaternary nitrogens is 1. The average Bonchev–Trinajstić information content (AvgIpc) is 2.70. The van der Waals surface area contributed by atoms with E-state index < -0.39 is 5.97 Å². The maximum absolute atomic E-state index is 10.4. The molecule has 4 heteroatoms. The van der Waals surface area contributed by atoms with Crippen molar-refractivity contribution in [1.82, 2.24) is 0 Å². The Kier molecular flexibility index (Phi) is 20.8. The van der Waals surface area contributed by atoms with Crippen molar-refractivity contribution < 1.29 is 19.5 Å². The highest BCUT2D eigenvalue weighted by molar-refractivity contribution is 5.63. The second-order valence-corrected chi connectivity index (χ2v) is 10.4. The molecule has 0 aromatic carbocycles. The molecule has 0 saturated carbocycles. The van der Waals surface area contributed by atoms with E-state index in [9.17, 15) is 15.0 Å². The third-order valence-corrected chi connectivity index (χ3v) is 6.49. The number of hydrogen-bond acceptors (Lipinski definition) is 3. The predicted molar refractivity (Wildman–Crippen MR) is 131 cm³/mol. The van der Waals surface area contributed by atoms with E-state index in [4.69, 9.17) is 0 Å². The van der Waals surface area contributed by atoms with Gasteiger partial charge in [0.1, 0.15) is 12.6 Å². The highest BCUT2D eigenvalue weighted by Gasteiger charge is 2.19. The number of aliphatic hydroxyl groups is 1. The second-order valence-electron chi connectivity index (χ2n) is 10.4. The van der Waals surface area contributed by atoms with Gasteiger partial charge in [-0.25, -0.2) is 0 Å². The number of rotatable bonds is 24. The lowest BCUT2D eigenvalue weighted by Crippen LogP contribution is -2.46. The van der Waals surface area contributed by atoms with Crippen molar-refractivity contribution in [2.45, 2.75) is 141 Å². The molecule has 0 aliphatic carbocycles. The minimum Gasteiger partial charge on any atom is -0.550 e. The Hall–Kier alpha value is -0.610. The van der Waals surface area contributed by atoms with Gasteiger partial charge in [-0.2, -0.15) is 0 Å². The van der Waals surface area contributed by atoms with Crippen LogP contribution in [0, 0.1) is 0 Å². The molecule has 0 aliphatic heterocycles. The highest BCUT2D eigenvalue weighted by atomic mass is 16.4. The van der Waals surface area contributed by atoms with Crippen LogP contribution in [0.5, 0.6) is 0 Å². The Morgan fingerprint density at radius 3 is 1.58 bits per heavy atom. The monoisotopic (exact) mass is 441 g/mol. The number of aliphatic carboxylic acids is 1. The maximum atomic E-state index is 10.4. The fourth-order valence-electron chi connectivity index (χ4n) is 4.49. The zero-order chi connectivity index (χ0) is 23.2. The van der Waals surface area contributed by atoms with Crippen LogP contribution in [-0.2, 0) is 4.79 Å². The summed E-state index contributed by atoms with van der Waals surface area (Å²) in [6.45, 7) is 4.06. The SMILES string of the molecule is CCCCCCCCCCCCCCCCCC(O)C[N+](C)(C)CCCCCC(=O)[O-]. The van der Waals surface area contributed by atoms with Crippen molar-refractivity contribution >= 4 is 5.97 Å². The number of carbonyl (C=O) groups excluding carboxylic acids is 1. The number of carboxylic acids is 1. The predicted octanol–water partition coefficient (Wildman–Crippen LogP) is 6.00. The minimum absolute atomic E-state index is 0.162. The third kappa shape index (κ3) is 23.9. The van der Waals surface area contributed by atoms with Gasteiger partial charge in [0.2, 0.25) is 0 Å². The number of unbranched alkanes of at least 4 members (excludes halogenated alkanes) is 16. The van der Waals surface area contributed by atoms with Crippen LogP contribution in [0.2, 0.25) is 0 Å². The molecule has 0 spiro atoms. The van der Waals surface area contributed by atoms with Crippen LogP contribution in [0.4, 0.5) is 0 Å². The first-order chi connectivity index (χ1) is 14.9. The number of aliphatic hydroxyl groups excluding tert-OH is 1. The molecule has 0 rings (SSSR count). The number of carboxylic acid groups (broad SMARTS) is 1. The number of hydrogen-bond donors (Lipinski definition) is 1. The third-order valence-electron chi connectivity index (χ3n) is 6.49. The van der Waals surface area contributed by atoms with Crippen molar-refractivity contribution in [1.29, 1.82) is 0 Å². The van der Waals surface area contributed by atoms with E-state index in [1.807, 2.05) is 0 Å². The van der Waals surface area contributed by atoms with Gasteiger partial charge >= 0.3 is 0 Å². The van der Waals surface area contributed by atoms with Gasteiger partial charge in [-0.05, 0) is 32.1 Å². The zero-order valence-corrected chi connectivity index (χ0v) is 21.3. The molecule has 1 unspecified atom stereocenters. The summed E-state index contributed by atoms with van der Waals surface area (Å²) in [7, 11) is 4.32. The average molecular weight is 442 g/mol. The number of nitrogens with zero attached hydrogens (tertiary/aromatic N) is 1. The summed E-state index contributed by atoms with van der Waals surface area (Å²) < 4.78 is 0.811. The van der Waals surface area contributed by atoms with Crippen LogP contribution in [0.1, 0.15) is 135 Å². The molecule has 0 aromatic rings. The van der Waals surface area contributed by atoms with Crippen LogP contribution in [0.25, 0.3) is 0 Å². The Labute approximate surface area is 194 Å². The van der Waals surface area contributed by atoms with Crippen LogP contribution in [0.3, 0.4) is 0 Å². The molecular weight excluding hydrogens is 386 g/mol. The summed E-state index contributed by atoms with van der Waals surface area (Å²) in [4.78, 5) is 10.4. The van der Waals surface area contributed by atoms with Gasteiger partial charge in [0.05, 0.1) is 20.6 Å². The van der Waals surface area contributed by atoms with Crippen molar-refractivity contribution in [3.8, 4) is 0 Å². The summed E-state index contributed by atoms with van der Waals surface area (Å²) in [6.07, 6.45) is 24.0. The van der Waals surface area contributed by atoms with E-state index >= 15 is 0 Å². The molecular formula is C27H55NO3. The maximum Gasteiger partial charge on any atom is 0.105 e. The van der Waals surface area contributed by atoms with Crippen molar-refractivity contribution in [2.24, 2.45) is 0 Å². The van der Waals surface area contributed by atoms with E-state index in [0.29, 0.717) is 6.42 Å². The van der Waals surface area contributed by atoms with E-state index in [-0.39, 0.29) is 12.5 Å². The first-order valence-electron chi connectivity index (χ1n) is 13.6. The van der Waals surface area contributed by atoms with E-state index in [1.54, 1.807) is 0 Å². The molecule has 186 valence electrons. The van der Waals surface area contributed by atoms with E-state index in [0.717, 1.165) is 43.3 Å². The summed E-state index contributed by atoms with van der Waals surface area (Å²) in [5, 5.41) is 20.8. The summed E-state index contributed by atoms with van der Waals surface area (Å²) >= 11 is 0. The van der Waals surface area contributed by atoms with Crippen molar-refractivity contribution in [3.05, 3.63) is 0 Å². The van der Waals surface area contributed by atoms with Gasteiger partial charge in [0, 0.05) is 5.97 Å².